The van der Waals surface area contributed by atoms with Crippen molar-refractivity contribution in [2.45, 2.75) is 91.8 Å². The number of carbonyl (C=O) groups is 3. The molecule has 1 aromatic carbocycles. The van der Waals surface area contributed by atoms with Gasteiger partial charge < -0.3 is 20.5 Å². The average Bonchev–Trinajstić information content (AvgIpc) is 3.46. The monoisotopic (exact) mass is 513 g/mol. The fourth-order valence-electron chi connectivity index (χ4n) is 4.47. The zero-order valence-corrected chi connectivity index (χ0v) is 22.8. The molecule has 1 aliphatic heterocycles. The molecule has 3 amide bonds. The number of hydrogen-bond acceptors (Lipinski definition) is 4. The number of amides is 3. The molecule has 1 fully saturated rings. The number of H-pyrrole nitrogens is 1. The lowest BCUT2D eigenvalue weighted by Crippen LogP contribution is -2.50. The predicted octanol–water partition coefficient (Wildman–Crippen LogP) is 4.41. The van der Waals surface area contributed by atoms with Gasteiger partial charge in [0.05, 0.1) is 24.4 Å². The molecule has 0 radical (unpaired) electrons. The molecule has 37 heavy (non-hydrogen) atoms. The fraction of sp³-hybridized carbons (Fsp3) is 0.571. The van der Waals surface area contributed by atoms with Gasteiger partial charge >= 0.3 is 0 Å². The Hall–Kier alpha value is -3.23. The number of aromatic amines is 1. The standard InChI is InChI=1S/C28H40FN5O3/c1-17-9-10-20(21(29)14-17)23-16-30-26(33-23)19(3)31-27(37)22(32-24(35)11-12-28(4,5)6)15-25(36)34-13-7-8-18(34)2/h9-10,14,16,18-19,22H,7-8,11-13,15H2,1-6H3,(H,30,33)(H,31,37)(H,32,35)/t18-,19-,22-/m0/s1. The molecule has 0 spiro atoms. The summed E-state index contributed by atoms with van der Waals surface area (Å²) >= 11 is 0. The molecule has 202 valence electrons. The van der Waals surface area contributed by atoms with Crippen LogP contribution in [0, 0.1) is 18.2 Å². The first-order chi connectivity index (χ1) is 17.3. The van der Waals surface area contributed by atoms with Crippen LogP contribution in [0.4, 0.5) is 4.39 Å². The Balaban J connectivity index is 1.70. The highest BCUT2D eigenvalue weighted by atomic mass is 19.1. The first kappa shape index (κ1) is 28.3. The molecule has 2 aromatic rings. The van der Waals surface area contributed by atoms with E-state index in [0.717, 1.165) is 18.4 Å². The van der Waals surface area contributed by atoms with E-state index in [4.69, 9.17) is 0 Å². The Morgan fingerprint density at radius 2 is 1.97 bits per heavy atom. The van der Waals surface area contributed by atoms with Crippen molar-refractivity contribution in [3.63, 3.8) is 0 Å². The van der Waals surface area contributed by atoms with Crippen molar-refractivity contribution in [2.24, 2.45) is 5.41 Å². The van der Waals surface area contributed by atoms with Crippen molar-refractivity contribution in [3.8, 4) is 11.3 Å². The lowest BCUT2D eigenvalue weighted by atomic mass is 9.90. The van der Waals surface area contributed by atoms with E-state index in [1.807, 2.05) is 40.7 Å². The van der Waals surface area contributed by atoms with Gasteiger partial charge in [-0.05, 0) is 63.1 Å². The van der Waals surface area contributed by atoms with Crippen LogP contribution in [0.5, 0.6) is 0 Å². The zero-order valence-electron chi connectivity index (χ0n) is 22.8. The Bertz CT molecular complexity index is 1120. The third-order valence-electron chi connectivity index (χ3n) is 6.78. The second kappa shape index (κ2) is 11.9. The van der Waals surface area contributed by atoms with Gasteiger partial charge in [-0.25, -0.2) is 9.37 Å². The van der Waals surface area contributed by atoms with Crippen molar-refractivity contribution >= 4 is 17.7 Å². The lowest BCUT2D eigenvalue weighted by Gasteiger charge is -2.26. The quantitative estimate of drug-likeness (QED) is 0.462. The van der Waals surface area contributed by atoms with Crippen LogP contribution in [0.2, 0.25) is 0 Å². The second-order valence-corrected chi connectivity index (χ2v) is 11.4. The Morgan fingerprint density at radius 3 is 2.59 bits per heavy atom. The summed E-state index contributed by atoms with van der Waals surface area (Å²) in [6, 6.07) is 3.51. The molecule has 3 atom stereocenters. The minimum absolute atomic E-state index is 0.0294. The van der Waals surface area contributed by atoms with Crippen LogP contribution in [0.15, 0.2) is 24.4 Å². The maximum Gasteiger partial charge on any atom is 0.243 e. The molecular formula is C28H40FN5O3. The first-order valence-electron chi connectivity index (χ1n) is 13.0. The van der Waals surface area contributed by atoms with Crippen LogP contribution in [-0.2, 0) is 14.4 Å². The average molecular weight is 514 g/mol. The maximum absolute atomic E-state index is 14.4. The van der Waals surface area contributed by atoms with Crippen LogP contribution >= 0.6 is 0 Å². The van der Waals surface area contributed by atoms with Gasteiger partial charge in [0, 0.05) is 24.6 Å². The Labute approximate surface area is 218 Å². The fourth-order valence-corrected chi connectivity index (χ4v) is 4.47. The number of rotatable bonds is 9. The summed E-state index contributed by atoms with van der Waals surface area (Å²) in [5.41, 5.74) is 1.67. The van der Waals surface area contributed by atoms with Crippen molar-refractivity contribution < 1.29 is 18.8 Å². The number of hydrogen-bond donors (Lipinski definition) is 3. The van der Waals surface area contributed by atoms with Crippen LogP contribution in [0.25, 0.3) is 11.3 Å². The van der Waals surface area contributed by atoms with E-state index in [9.17, 15) is 18.8 Å². The van der Waals surface area contributed by atoms with Gasteiger partial charge in [-0.15, -0.1) is 0 Å². The second-order valence-electron chi connectivity index (χ2n) is 11.4. The van der Waals surface area contributed by atoms with Gasteiger partial charge in [0.25, 0.3) is 0 Å². The van der Waals surface area contributed by atoms with E-state index in [2.05, 4.69) is 20.6 Å². The van der Waals surface area contributed by atoms with Gasteiger partial charge in [0.15, 0.2) is 0 Å². The molecule has 0 unspecified atom stereocenters. The number of carbonyl (C=O) groups excluding carboxylic acids is 3. The third kappa shape index (κ3) is 7.87. The largest absolute Gasteiger partial charge is 0.345 e. The number of halogens is 1. The first-order valence-corrected chi connectivity index (χ1v) is 13.0. The molecule has 3 N–H and O–H groups in total. The summed E-state index contributed by atoms with van der Waals surface area (Å²) in [5, 5.41) is 5.64. The highest BCUT2D eigenvalue weighted by Gasteiger charge is 2.31. The summed E-state index contributed by atoms with van der Waals surface area (Å²) in [6.45, 7) is 12.4. The predicted molar refractivity (Wildman–Crippen MR) is 141 cm³/mol. The maximum atomic E-state index is 14.4. The van der Waals surface area contributed by atoms with E-state index in [0.29, 0.717) is 30.0 Å². The molecule has 1 saturated heterocycles. The SMILES string of the molecule is Cc1ccc(-c2cnc([C@H](C)NC(=O)[C@H](CC(=O)N3CCC[C@@H]3C)NC(=O)CCC(C)(C)C)[nH]2)c(F)c1. The van der Waals surface area contributed by atoms with Gasteiger partial charge in [0.1, 0.15) is 17.7 Å². The molecule has 0 bridgehead atoms. The summed E-state index contributed by atoms with van der Waals surface area (Å²) in [4.78, 5) is 48.1. The molecule has 0 saturated carbocycles. The van der Waals surface area contributed by atoms with Gasteiger partial charge in [-0.2, -0.15) is 0 Å². The van der Waals surface area contributed by atoms with Crippen molar-refractivity contribution in [1.29, 1.82) is 0 Å². The summed E-state index contributed by atoms with van der Waals surface area (Å²) in [5.74, 6) is -0.791. The number of nitrogens with one attached hydrogen (secondary N) is 3. The van der Waals surface area contributed by atoms with Gasteiger partial charge in [0.2, 0.25) is 17.7 Å². The van der Waals surface area contributed by atoms with E-state index in [1.54, 1.807) is 17.9 Å². The molecular weight excluding hydrogens is 473 g/mol. The topological polar surface area (TPSA) is 107 Å². The van der Waals surface area contributed by atoms with Crippen LogP contribution < -0.4 is 10.6 Å². The Kier molecular flexibility index (Phi) is 9.10. The van der Waals surface area contributed by atoms with Crippen molar-refractivity contribution in [3.05, 3.63) is 41.6 Å². The zero-order chi connectivity index (χ0) is 27.3. The molecule has 1 aliphatic rings. The van der Waals surface area contributed by atoms with E-state index >= 15 is 0 Å². The molecule has 8 nitrogen and oxygen atoms in total. The summed E-state index contributed by atoms with van der Waals surface area (Å²) in [7, 11) is 0. The number of aromatic nitrogens is 2. The van der Waals surface area contributed by atoms with Gasteiger partial charge in [-0.3, -0.25) is 14.4 Å². The van der Waals surface area contributed by atoms with E-state index in [1.165, 1.54) is 12.3 Å². The molecule has 0 aliphatic carbocycles. The van der Waals surface area contributed by atoms with Crippen LogP contribution in [0.3, 0.4) is 0 Å². The normalized spacial score (nSPS) is 17.4. The Morgan fingerprint density at radius 1 is 1.24 bits per heavy atom. The third-order valence-corrected chi connectivity index (χ3v) is 6.78. The summed E-state index contributed by atoms with van der Waals surface area (Å²) in [6.07, 6.45) is 4.20. The number of benzene rings is 1. The highest BCUT2D eigenvalue weighted by Crippen LogP contribution is 2.24. The van der Waals surface area contributed by atoms with Crippen molar-refractivity contribution in [1.82, 2.24) is 25.5 Å². The number of aryl methyl sites for hydroxylation is 1. The number of likely N-dealkylation sites (tertiary alicyclic amines) is 1. The smallest absolute Gasteiger partial charge is 0.243 e. The van der Waals surface area contributed by atoms with Crippen LogP contribution in [0.1, 0.15) is 84.2 Å². The minimum Gasteiger partial charge on any atom is -0.345 e. The van der Waals surface area contributed by atoms with E-state index < -0.39 is 18.0 Å². The molecule has 1 aromatic heterocycles. The highest BCUT2D eigenvalue weighted by molar-refractivity contribution is 5.92. The molecule has 3 rings (SSSR count). The summed E-state index contributed by atoms with van der Waals surface area (Å²) < 4.78 is 14.4. The number of imidazole rings is 1. The molecule has 9 heteroatoms. The van der Waals surface area contributed by atoms with Crippen LogP contribution in [-0.4, -0.2) is 51.2 Å². The van der Waals surface area contributed by atoms with E-state index in [-0.39, 0.29) is 41.9 Å². The molecule has 2 heterocycles. The minimum atomic E-state index is -1.00. The number of nitrogens with zero attached hydrogens (tertiary/aromatic N) is 2. The van der Waals surface area contributed by atoms with Crippen molar-refractivity contribution in [2.75, 3.05) is 6.54 Å². The van der Waals surface area contributed by atoms with Gasteiger partial charge in [-0.1, -0.05) is 26.8 Å². The lowest BCUT2D eigenvalue weighted by molar-refractivity contribution is -0.137.